The lowest BCUT2D eigenvalue weighted by molar-refractivity contribution is 0.590. The summed E-state index contributed by atoms with van der Waals surface area (Å²) in [5, 5.41) is 9.55. The van der Waals surface area contributed by atoms with Crippen molar-refractivity contribution in [1.82, 2.24) is 9.13 Å². The fourth-order valence-electron chi connectivity index (χ4n) is 22.1. The zero-order chi connectivity index (χ0) is 95.0. The van der Waals surface area contributed by atoms with Crippen molar-refractivity contribution in [3.63, 3.8) is 0 Å². The monoisotopic (exact) mass is 1790 g/mol. The first-order valence-corrected chi connectivity index (χ1v) is 49.9. The molecule has 137 heavy (non-hydrogen) atoms. The highest BCUT2D eigenvalue weighted by Crippen LogP contribution is 2.59. The minimum Gasteiger partial charge on any atom is -0.456 e. The van der Waals surface area contributed by atoms with Crippen molar-refractivity contribution in [2.45, 2.75) is 183 Å². The third-order valence-electron chi connectivity index (χ3n) is 29.7. The number of anilines is 6. The molecule has 23 rings (SSSR count). The summed E-state index contributed by atoms with van der Waals surface area (Å²) in [4.78, 5) is 5.62. The second-order valence-electron chi connectivity index (χ2n) is 46.2. The molecular weight excluding hydrogens is 1680 g/mol. The summed E-state index contributed by atoms with van der Waals surface area (Å²) >= 11 is 1.88. The molecule has 5 nitrogen and oxygen atoms in total. The molecule has 0 saturated carbocycles. The molecule has 7 heteroatoms. The van der Waals surface area contributed by atoms with Gasteiger partial charge in [0.05, 0.1) is 39.1 Å². The Hall–Kier alpha value is -14.0. The van der Waals surface area contributed by atoms with Crippen molar-refractivity contribution in [1.29, 1.82) is 0 Å². The lowest BCUT2D eigenvalue weighted by Crippen LogP contribution is -2.61. The van der Waals surface area contributed by atoms with Gasteiger partial charge in [0.2, 0.25) is 0 Å². The predicted octanol–water partition coefficient (Wildman–Crippen LogP) is 35.3. The number of rotatable bonds is 10. The van der Waals surface area contributed by atoms with Crippen LogP contribution in [-0.4, -0.2) is 15.8 Å². The van der Waals surface area contributed by atoms with E-state index in [4.69, 9.17) is 4.42 Å². The van der Waals surface area contributed by atoms with Gasteiger partial charge in [0.1, 0.15) is 11.2 Å². The Morgan fingerprint density at radius 2 is 0.599 bits per heavy atom. The second kappa shape index (κ2) is 31.3. The third kappa shape index (κ3) is 14.5. The molecule has 2 aliphatic rings. The Kier molecular flexibility index (Phi) is 19.9. The molecule has 0 aliphatic carbocycles. The zero-order valence-corrected chi connectivity index (χ0v) is 83.8. The van der Waals surface area contributed by atoms with Gasteiger partial charge >= 0.3 is 0 Å². The van der Waals surface area contributed by atoms with Gasteiger partial charge in [0, 0.05) is 103 Å². The third-order valence-corrected chi connectivity index (χ3v) is 30.9. The Labute approximate surface area is 811 Å². The molecule has 0 atom stereocenters. The van der Waals surface area contributed by atoms with Crippen LogP contribution in [0, 0.1) is 0 Å². The second-order valence-corrected chi connectivity index (χ2v) is 47.2. The predicted molar refractivity (Wildman–Crippen MR) is 593 cm³/mol. The SMILES string of the molecule is CC(C)(C)c1cc(-c2ccccc2)cc(-c2ccc3c(c2)N(c2c(-c4cccc5oc6ccccc6c45)cc(C(C)(C)C)cc2-c2cccc4sc5ccccc5c24)c2cc(-n4c5ccc(C(C)(C)C)cc5c5cc(C(C)(C)C)ccc54)cc4c2B3c2ccc(-n3c5ccc(C(C)(C)C)cc5c5cc(C(C)(C)C)ccc53)cc2N4c2c(-c3ccccc3)cc(C(C)(C)C)cc2-c2ccccc2)c1. The smallest absolute Gasteiger partial charge is 0.252 e. The molecule has 0 bridgehead atoms. The lowest BCUT2D eigenvalue weighted by atomic mass is 9.33. The van der Waals surface area contributed by atoms with Gasteiger partial charge in [-0.1, -0.05) is 352 Å². The Morgan fingerprint density at radius 1 is 0.226 bits per heavy atom. The zero-order valence-electron chi connectivity index (χ0n) is 83.0. The van der Waals surface area contributed by atoms with Crippen LogP contribution in [0.1, 0.15) is 184 Å². The summed E-state index contributed by atoms with van der Waals surface area (Å²) in [6, 6.07) is 133. The summed E-state index contributed by atoms with van der Waals surface area (Å²) < 4.78 is 14.9. The van der Waals surface area contributed by atoms with Crippen LogP contribution in [0.4, 0.5) is 34.1 Å². The molecule has 0 unspecified atom stereocenters. The van der Waals surface area contributed by atoms with E-state index in [1.807, 2.05) is 11.3 Å². The van der Waals surface area contributed by atoms with Crippen LogP contribution < -0.4 is 26.2 Å². The molecule has 0 spiro atoms. The minimum absolute atomic E-state index is 0.107. The molecular formula is C130H119BN4OS. The van der Waals surface area contributed by atoms with E-state index in [1.165, 1.54) is 114 Å². The molecule has 21 aromatic rings. The maximum absolute atomic E-state index is 7.17. The average molecular weight is 1800 g/mol. The van der Waals surface area contributed by atoms with Crippen LogP contribution in [0.25, 0.3) is 164 Å². The van der Waals surface area contributed by atoms with Crippen LogP contribution >= 0.6 is 11.3 Å². The fourth-order valence-corrected chi connectivity index (χ4v) is 23.2. The van der Waals surface area contributed by atoms with Gasteiger partial charge in [-0.2, -0.15) is 0 Å². The maximum Gasteiger partial charge on any atom is 0.252 e. The molecule has 674 valence electrons. The van der Waals surface area contributed by atoms with Crippen LogP contribution in [-0.2, 0) is 37.9 Å². The molecule has 6 heterocycles. The quantitative estimate of drug-likeness (QED) is 0.128. The Balaban J connectivity index is 0.959. The lowest BCUT2D eigenvalue weighted by Gasteiger charge is -2.46. The number of thiophene rings is 1. The maximum atomic E-state index is 7.17. The van der Waals surface area contributed by atoms with E-state index in [2.05, 4.69) is 504 Å². The van der Waals surface area contributed by atoms with E-state index in [0.717, 1.165) is 140 Å². The molecule has 0 fully saturated rings. The van der Waals surface area contributed by atoms with Crippen LogP contribution in [0.2, 0.25) is 0 Å². The van der Waals surface area contributed by atoms with E-state index in [1.54, 1.807) is 0 Å². The summed E-state index contributed by atoms with van der Waals surface area (Å²) in [5.74, 6) is 0. The molecule has 0 radical (unpaired) electrons. The van der Waals surface area contributed by atoms with E-state index in [-0.39, 0.29) is 44.6 Å². The van der Waals surface area contributed by atoms with E-state index < -0.39 is 0 Å². The van der Waals surface area contributed by atoms with E-state index in [0.29, 0.717) is 0 Å². The van der Waals surface area contributed by atoms with Gasteiger partial charge in [0.15, 0.2) is 0 Å². The Morgan fingerprint density at radius 3 is 1.09 bits per heavy atom. The van der Waals surface area contributed by atoms with Crippen molar-refractivity contribution in [2.24, 2.45) is 0 Å². The summed E-state index contributed by atoms with van der Waals surface area (Å²) in [7, 11) is 0. The number of furan rings is 1. The number of hydrogen-bond donors (Lipinski definition) is 0. The van der Waals surface area contributed by atoms with Gasteiger partial charge in [0.25, 0.3) is 6.71 Å². The first-order chi connectivity index (χ1) is 65.3. The Bertz CT molecular complexity index is 8220. The number of nitrogens with zero attached hydrogens (tertiary/aromatic N) is 4. The van der Waals surface area contributed by atoms with Crippen molar-refractivity contribution in [2.75, 3.05) is 9.80 Å². The molecule has 0 saturated heterocycles. The van der Waals surface area contributed by atoms with E-state index >= 15 is 0 Å². The number of hydrogen-bond acceptors (Lipinski definition) is 4. The molecule has 17 aromatic carbocycles. The first-order valence-electron chi connectivity index (χ1n) is 49.1. The van der Waals surface area contributed by atoms with Crippen LogP contribution in [0.5, 0.6) is 0 Å². The molecule has 4 aromatic heterocycles. The summed E-state index contributed by atoms with van der Waals surface area (Å²) in [6.45, 7) is 49.3. The van der Waals surface area contributed by atoms with Crippen molar-refractivity contribution in [3.8, 4) is 78.1 Å². The standard InChI is InChI=1S/C130H119BN4OS/c1-124(2,3)84-52-59-107-99(67-84)100-68-85(125(4,5)6)53-60-108(100)132(107)91-56-58-106-112(75-91)135(122-97(79-39-27-23-28-40-79)71-89(129(16,17)18)72-98(122)80-41-29-24-30-42-80)114-77-92(133-109-61-54-86(126(7,8)9)69-101(109)102-70-87(127(10,11)12)55-62-110(102)133)76-113-121(114)131(106)105-57-51-81(83-63-82(78-37-25-22-26-38-78)64-88(65-83)128(13,14)15)66-111(105)134(113)123-103(93-45-35-48-116-119(93)95-43-31-33-47-115(95)136-116)73-90(130(19,20)21)74-104(123)94-46-36-50-118-120(94)96-44-32-34-49-117(96)137-118/h22-77H,1-21H3. The fraction of sp³-hybridized carbons (Fsp3) is 0.215. The summed E-state index contributed by atoms with van der Waals surface area (Å²) in [5.41, 5.74) is 39.7. The van der Waals surface area contributed by atoms with Gasteiger partial charge in [-0.25, -0.2) is 0 Å². The van der Waals surface area contributed by atoms with Gasteiger partial charge < -0.3 is 23.4 Å². The number of aromatic nitrogens is 2. The highest BCUT2D eigenvalue weighted by Gasteiger charge is 2.47. The molecule has 2 aliphatic heterocycles. The number of para-hydroxylation sites is 1. The van der Waals surface area contributed by atoms with Gasteiger partial charge in [-0.05, 0) is 271 Å². The minimum atomic E-state index is -0.389. The van der Waals surface area contributed by atoms with Crippen LogP contribution in [0.3, 0.4) is 0 Å². The highest BCUT2D eigenvalue weighted by molar-refractivity contribution is 7.26. The van der Waals surface area contributed by atoms with Gasteiger partial charge in [-0.3, -0.25) is 0 Å². The van der Waals surface area contributed by atoms with Crippen molar-refractivity contribution >= 4 is 154 Å². The number of fused-ring (bicyclic) bond motifs is 16. The number of benzene rings is 17. The highest BCUT2D eigenvalue weighted by atomic mass is 32.1. The van der Waals surface area contributed by atoms with Gasteiger partial charge in [-0.15, -0.1) is 11.3 Å². The van der Waals surface area contributed by atoms with Crippen LogP contribution in [0.15, 0.2) is 344 Å². The van der Waals surface area contributed by atoms with Crippen molar-refractivity contribution in [3.05, 3.63) is 379 Å². The first kappa shape index (κ1) is 87.1. The average Bonchev–Trinajstić information content (AvgIpc) is 1.52. The molecule has 0 N–H and O–H groups in total. The largest absolute Gasteiger partial charge is 0.456 e. The van der Waals surface area contributed by atoms with E-state index in [9.17, 15) is 0 Å². The van der Waals surface area contributed by atoms with Crippen molar-refractivity contribution < 1.29 is 4.42 Å². The summed E-state index contributed by atoms with van der Waals surface area (Å²) in [6.07, 6.45) is 0. The topological polar surface area (TPSA) is 29.5 Å². The molecule has 0 amide bonds. The normalized spacial score (nSPS) is 13.4.